The third-order valence-corrected chi connectivity index (χ3v) is 3.25. The fourth-order valence-electron chi connectivity index (χ4n) is 1.79. The number of carbonyl (C=O) groups excluding carboxylic acids is 1. The van der Waals surface area contributed by atoms with Crippen LogP contribution in [0.25, 0.3) is 0 Å². The lowest BCUT2D eigenvalue weighted by molar-refractivity contribution is 0.00701. The smallest absolute Gasteiger partial charge is 0.342 e. The largest absolute Gasteiger partial charge is 0.456 e. The molecule has 0 radical (unpaired) electrons. The van der Waals surface area contributed by atoms with Gasteiger partial charge in [-0.3, -0.25) is 0 Å². The summed E-state index contributed by atoms with van der Waals surface area (Å²) in [5.74, 6) is -0.460. The predicted octanol–water partition coefficient (Wildman–Crippen LogP) is 2.63. The molecule has 2 N–H and O–H groups in total. The van der Waals surface area contributed by atoms with Gasteiger partial charge in [-0.15, -0.1) is 0 Å². The third kappa shape index (κ3) is 3.61. The maximum Gasteiger partial charge on any atom is 0.342 e. The molecule has 1 heterocycles. The first-order chi connectivity index (χ1) is 9.25. The molecule has 0 bridgehead atoms. The molecular weight excluding hydrogens is 280 g/mol. The highest BCUT2D eigenvalue weighted by atomic mass is 35.5. The molecule has 1 aliphatic rings. The Labute approximate surface area is 123 Å². The normalized spacial score (nSPS) is 16.6. The SMILES string of the molecule is CC(C)(C)OC(=O)c1cnc(Cl)cc1NC1(CO)CC1. The van der Waals surface area contributed by atoms with E-state index in [-0.39, 0.29) is 17.3 Å². The molecule has 0 amide bonds. The lowest BCUT2D eigenvalue weighted by Gasteiger charge is -2.22. The fourth-order valence-corrected chi connectivity index (χ4v) is 1.95. The summed E-state index contributed by atoms with van der Waals surface area (Å²) in [7, 11) is 0. The first-order valence-corrected chi connectivity index (χ1v) is 6.90. The molecule has 1 aromatic rings. The van der Waals surface area contributed by atoms with Crippen molar-refractivity contribution in [2.45, 2.75) is 44.8 Å². The zero-order valence-electron chi connectivity index (χ0n) is 11.9. The van der Waals surface area contributed by atoms with Crippen LogP contribution in [-0.2, 0) is 4.74 Å². The molecule has 0 aliphatic heterocycles. The second kappa shape index (κ2) is 5.22. The topological polar surface area (TPSA) is 71.5 Å². The molecule has 1 fully saturated rings. The highest BCUT2D eigenvalue weighted by Gasteiger charge is 2.42. The number of aliphatic hydroxyl groups excluding tert-OH is 1. The van der Waals surface area contributed by atoms with Crippen molar-refractivity contribution in [1.82, 2.24) is 4.98 Å². The second-order valence-electron chi connectivity index (χ2n) is 6.12. The Morgan fingerprint density at radius 3 is 2.70 bits per heavy atom. The number of anilines is 1. The van der Waals surface area contributed by atoms with E-state index in [0.29, 0.717) is 11.3 Å². The number of ether oxygens (including phenoxy) is 1. The Kier molecular flexibility index (Phi) is 3.93. The number of nitrogens with zero attached hydrogens (tertiary/aromatic N) is 1. The van der Waals surface area contributed by atoms with Crippen molar-refractivity contribution >= 4 is 23.3 Å². The van der Waals surface area contributed by atoms with E-state index in [0.717, 1.165) is 12.8 Å². The zero-order valence-corrected chi connectivity index (χ0v) is 12.6. The van der Waals surface area contributed by atoms with Gasteiger partial charge in [0.1, 0.15) is 16.3 Å². The zero-order chi connectivity index (χ0) is 15.0. The van der Waals surface area contributed by atoms with Gasteiger partial charge in [-0.1, -0.05) is 11.6 Å². The van der Waals surface area contributed by atoms with E-state index < -0.39 is 11.6 Å². The number of aliphatic hydroxyl groups is 1. The summed E-state index contributed by atoms with van der Waals surface area (Å²) in [6.45, 7) is 5.42. The van der Waals surface area contributed by atoms with Gasteiger partial charge in [-0.25, -0.2) is 9.78 Å². The number of halogens is 1. The Bertz CT molecular complexity index is 522. The lowest BCUT2D eigenvalue weighted by atomic mass is 10.1. The monoisotopic (exact) mass is 298 g/mol. The van der Waals surface area contributed by atoms with Crippen LogP contribution in [0.1, 0.15) is 44.0 Å². The number of pyridine rings is 1. The van der Waals surface area contributed by atoms with Crippen LogP contribution < -0.4 is 5.32 Å². The molecule has 0 aromatic carbocycles. The maximum absolute atomic E-state index is 12.2. The second-order valence-corrected chi connectivity index (χ2v) is 6.51. The van der Waals surface area contributed by atoms with E-state index in [1.165, 1.54) is 6.20 Å². The van der Waals surface area contributed by atoms with E-state index in [2.05, 4.69) is 10.3 Å². The van der Waals surface area contributed by atoms with E-state index in [1.54, 1.807) is 26.8 Å². The summed E-state index contributed by atoms with van der Waals surface area (Å²) in [5.41, 5.74) is -0.0567. The first kappa shape index (κ1) is 15.1. The summed E-state index contributed by atoms with van der Waals surface area (Å²) < 4.78 is 5.35. The molecular formula is C14H19ClN2O3. The summed E-state index contributed by atoms with van der Waals surface area (Å²) in [5, 5.41) is 12.8. The van der Waals surface area contributed by atoms with Gasteiger partial charge < -0.3 is 15.2 Å². The minimum Gasteiger partial charge on any atom is -0.456 e. The van der Waals surface area contributed by atoms with E-state index in [9.17, 15) is 9.90 Å². The van der Waals surface area contributed by atoms with Gasteiger partial charge in [-0.05, 0) is 39.7 Å². The van der Waals surface area contributed by atoms with Crippen molar-refractivity contribution in [2.75, 3.05) is 11.9 Å². The number of aromatic nitrogens is 1. The highest BCUT2D eigenvalue weighted by molar-refractivity contribution is 6.29. The molecule has 1 aromatic heterocycles. The van der Waals surface area contributed by atoms with Crippen molar-refractivity contribution in [3.63, 3.8) is 0 Å². The van der Waals surface area contributed by atoms with E-state index in [4.69, 9.17) is 16.3 Å². The van der Waals surface area contributed by atoms with Gasteiger partial charge in [0.2, 0.25) is 0 Å². The Morgan fingerprint density at radius 2 is 2.20 bits per heavy atom. The molecule has 2 rings (SSSR count). The van der Waals surface area contributed by atoms with Crippen LogP contribution in [0, 0.1) is 0 Å². The van der Waals surface area contributed by atoms with Crippen molar-refractivity contribution in [2.24, 2.45) is 0 Å². The summed E-state index contributed by atoms with van der Waals surface area (Å²) in [6.07, 6.45) is 3.11. The van der Waals surface area contributed by atoms with Gasteiger partial charge >= 0.3 is 5.97 Å². The van der Waals surface area contributed by atoms with Gasteiger partial charge in [-0.2, -0.15) is 0 Å². The Balaban J connectivity index is 2.26. The fraction of sp³-hybridized carbons (Fsp3) is 0.571. The van der Waals surface area contributed by atoms with Crippen LogP contribution in [-0.4, -0.2) is 33.8 Å². The van der Waals surface area contributed by atoms with Gasteiger partial charge in [0.05, 0.1) is 17.8 Å². The van der Waals surface area contributed by atoms with Crippen LogP contribution >= 0.6 is 11.6 Å². The van der Waals surface area contributed by atoms with Crippen molar-refractivity contribution in [1.29, 1.82) is 0 Å². The standard InChI is InChI=1S/C14H19ClN2O3/c1-13(2,3)20-12(19)9-7-16-11(15)6-10(9)17-14(8-18)4-5-14/h6-7,18H,4-5,8H2,1-3H3,(H,16,17). The first-order valence-electron chi connectivity index (χ1n) is 6.53. The maximum atomic E-state index is 12.2. The van der Waals surface area contributed by atoms with Gasteiger partial charge in [0.15, 0.2) is 0 Å². The quantitative estimate of drug-likeness (QED) is 0.660. The van der Waals surface area contributed by atoms with Crippen molar-refractivity contribution in [3.05, 3.63) is 23.0 Å². The molecule has 5 nitrogen and oxygen atoms in total. The lowest BCUT2D eigenvalue weighted by Crippen LogP contribution is -2.28. The predicted molar refractivity (Wildman–Crippen MR) is 77.1 cm³/mol. The van der Waals surface area contributed by atoms with Gasteiger partial charge in [0.25, 0.3) is 0 Å². The van der Waals surface area contributed by atoms with Crippen molar-refractivity contribution in [3.8, 4) is 0 Å². The van der Waals surface area contributed by atoms with Gasteiger partial charge in [0, 0.05) is 6.20 Å². The third-order valence-electron chi connectivity index (χ3n) is 3.05. The number of rotatable bonds is 4. The number of hydrogen-bond donors (Lipinski definition) is 2. The summed E-state index contributed by atoms with van der Waals surface area (Å²) in [6, 6.07) is 1.58. The Morgan fingerprint density at radius 1 is 1.55 bits per heavy atom. The number of nitrogens with one attached hydrogen (secondary N) is 1. The van der Waals surface area contributed by atoms with Crippen LogP contribution in [0.3, 0.4) is 0 Å². The number of esters is 1. The summed E-state index contributed by atoms with van der Waals surface area (Å²) >= 11 is 5.88. The molecule has 1 saturated carbocycles. The minimum atomic E-state index is -0.581. The van der Waals surface area contributed by atoms with Crippen LogP contribution in [0.5, 0.6) is 0 Å². The molecule has 20 heavy (non-hydrogen) atoms. The van der Waals surface area contributed by atoms with E-state index >= 15 is 0 Å². The summed E-state index contributed by atoms with van der Waals surface area (Å²) in [4.78, 5) is 16.1. The molecule has 0 unspecified atom stereocenters. The van der Waals surface area contributed by atoms with E-state index in [1.807, 2.05) is 0 Å². The minimum absolute atomic E-state index is 0.0146. The number of carbonyl (C=O) groups is 1. The van der Waals surface area contributed by atoms with Crippen LogP contribution in [0.4, 0.5) is 5.69 Å². The molecule has 110 valence electrons. The average molecular weight is 299 g/mol. The molecule has 1 aliphatic carbocycles. The van der Waals surface area contributed by atoms with Crippen LogP contribution in [0.2, 0.25) is 5.15 Å². The highest BCUT2D eigenvalue weighted by Crippen LogP contribution is 2.39. The van der Waals surface area contributed by atoms with Crippen LogP contribution in [0.15, 0.2) is 12.3 Å². The molecule has 0 spiro atoms. The molecule has 0 atom stereocenters. The molecule has 0 saturated heterocycles. The molecule has 6 heteroatoms. The average Bonchev–Trinajstić information content (AvgIpc) is 3.07. The number of hydrogen-bond acceptors (Lipinski definition) is 5. The van der Waals surface area contributed by atoms with Crippen molar-refractivity contribution < 1.29 is 14.6 Å². The Hall–Kier alpha value is -1.33.